The molecule has 0 unspecified atom stereocenters. The van der Waals surface area contributed by atoms with Crippen molar-refractivity contribution < 1.29 is 0 Å². The number of rotatable bonds is 6. The second-order valence-electron chi connectivity index (χ2n) is 19.9. The van der Waals surface area contributed by atoms with E-state index in [4.69, 9.17) is 0 Å². The standard InChI is InChI=1S/C73H48N2/c1-47-21-3-2-4-26-51(30-15-22-47)72-70(57-38-16-27-48-23-5-8-33-54(48)57)60-36-11-13-43-64(60)74(72)66-45-52-31-20-42-63-67(46-53-32-19-41-62(66)68(53)69(52)63)75-65-44-14-12-37-61(65)71(58-39-17-28-49-24-6-9-34-55(49)58)73(75)59-40-18-29-50-25-7-10-35-56(50)59/h2-25,27-46H,1,26H2/b4-2-,21-3-,22-15?,51-30+. The van der Waals surface area contributed by atoms with Gasteiger partial charge in [0, 0.05) is 38.2 Å². The highest BCUT2D eigenvalue weighted by molar-refractivity contribution is 6.28. The summed E-state index contributed by atoms with van der Waals surface area (Å²) >= 11 is 0. The fourth-order valence-corrected chi connectivity index (χ4v) is 12.6. The van der Waals surface area contributed by atoms with Gasteiger partial charge in [0.2, 0.25) is 0 Å². The van der Waals surface area contributed by atoms with E-state index >= 15 is 0 Å². The SMILES string of the molecule is C=C1C=C/C=C(/c2c(-c3cccc4ccccc34)c3ccccc3n2-c2cc3cccc4c(-n5c(-c6cccc7ccccc67)c(-c6cccc7ccccc67)c6ccccc65)cc5cccc2c5c34)C/C=C\C=C/1. The van der Waals surface area contributed by atoms with E-state index in [0.717, 1.165) is 23.4 Å². The van der Waals surface area contributed by atoms with Crippen LogP contribution in [0.1, 0.15) is 12.1 Å². The smallest absolute Gasteiger partial charge is 0.0626 e. The van der Waals surface area contributed by atoms with Gasteiger partial charge in [0.15, 0.2) is 0 Å². The van der Waals surface area contributed by atoms with Gasteiger partial charge in [-0.05, 0) is 107 Å². The molecule has 0 aliphatic heterocycles. The fourth-order valence-electron chi connectivity index (χ4n) is 12.6. The summed E-state index contributed by atoms with van der Waals surface area (Å²) in [5.74, 6) is 0. The third-order valence-corrected chi connectivity index (χ3v) is 15.8. The van der Waals surface area contributed by atoms with Crippen LogP contribution in [0.2, 0.25) is 0 Å². The van der Waals surface area contributed by atoms with Crippen LogP contribution < -0.4 is 0 Å². The van der Waals surface area contributed by atoms with Gasteiger partial charge >= 0.3 is 0 Å². The molecule has 14 aromatic rings. The van der Waals surface area contributed by atoms with Gasteiger partial charge in [-0.3, -0.25) is 0 Å². The molecule has 0 atom stereocenters. The predicted octanol–water partition coefficient (Wildman–Crippen LogP) is 19.9. The van der Waals surface area contributed by atoms with E-state index < -0.39 is 0 Å². The van der Waals surface area contributed by atoms with Gasteiger partial charge in [-0.2, -0.15) is 0 Å². The lowest BCUT2D eigenvalue weighted by atomic mass is 9.90. The highest BCUT2D eigenvalue weighted by Gasteiger charge is 2.28. The predicted molar refractivity (Wildman–Crippen MR) is 322 cm³/mol. The zero-order chi connectivity index (χ0) is 49.6. The van der Waals surface area contributed by atoms with E-state index in [9.17, 15) is 0 Å². The van der Waals surface area contributed by atoms with Crippen molar-refractivity contribution in [3.8, 4) is 44.9 Å². The topological polar surface area (TPSA) is 9.86 Å². The second kappa shape index (κ2) is 17.2. The van der Waals surface area contributed by atoms with Crippen LogP contribution in [0.4, 0.5) is 0 Å². The monoisotopic (exact) mass is 952 g/mol. The van der Waals surface area contributed by atoms with Crippen molar-refractivity contribution in [2.75, 3.05) is 0 Å². The third kappa shape index (κ3) is 6.66. The summed E-state index contributed by atoms with van der Waals surface area (Å²) in [5.41, 5.74) is 15.3. The Bertz CT molecular complexity index is 4800. The Hall–Kier alpha value is -9.76. The number of para-hydroxylation sites is 2. The van der Waals surface area contributed by atoms with Crippen molar-refractivity contribution in [1.82, 2.24) is 9.13 Å². The lowest BCUT2D eigenvalue weighted by molar-refractivity contribution is 1.10. The van der Waals surface area contributed by atoms with Crippen LogP contribution in [-0.4, -0.2) is 9.13 Å². The summed E-state index contributed by atoms with van der Waals surface area (Å²) in [5, 5.41) is 17.1. The van der Waals surface area contributed by atoms with E-state index in [1.165, 1.54) is 131 Å². The van der Waals surface area contributed by atoms with Crippen molar-refractivity contribution in [1.29, 1.82) is 0 Å². The Morgan fingerprint density at radius 2 is 0.733 bits per heavy atom. The van der Waals surface area contributed by atoms with E-state index in [1.807, 2.05) is 0 Å². The van der Waals surface area contributed by atoms with Gasteiger partial charge in [-0.1, -0.05) is 249 Å². The molecule has 2 aromatic heterocycles. The van der Waals surface area contributed by atoms with E-state index in [1.54, 1.807) is 0 Å². The fraction of sp³-hybridized carbons (Fsp3) is 0.0137. The van der Waals surface area contributed by atoms with E-state index in [0.29, 0.717) is 0 Å². The maximum absolute atomic E-state index is 4.32. The molecule has 2 heteroatoms. The average Bonchev–Trinajstić information content (AvgIpc) is 3.99. The number of aromatic nitrogens is 2. The first-order chi connectivity index (χ1) is 37.2. The molecule has 0 N–H and O–H groups in total. The van der Waals surface area contributed by atoms with Gasteiger partial charge in [0.25, 0.3) is 0 Å². The molecule has 0 fully saturated rings. The molecule has 0 bridgehead atoms. The molecule has 0 amide bonds. The second-order valence-corrected chi connectivity index (χ2v) is 19.9. The summed E-state index contributed by atoms with van der Waals surface area (Å²) in [6, 6.07) is 83.6. The maximum Gasteiger partial charge on any atom is 0.0626 e. The van der Waals surface area contributed by atoms with Crippen LogP contribution >= 0.6 is 0 Å². The Morgan fingerprint density at radius 3 is 1.29 bits per heavy atom. The van der Waals surface area contributed by atoms with Gasteiger partial charge in [0.05, 0.1) is 33.8 Å². The van der Waals surface area contributed by atoms with Gasteiger partial charge < -0.3 is 9.13 Å². The zero-order valence-corrected chi connectivity index (χ0v) is 41.2. The molecule has 0 saturated heterocycles. The Morgan fingerprint density at radius 1 is 0.333 bits per heavy atom. The molecule has 75 heavy (non-hydrogen) atoms. The summed E-state index contributed by atoms with van der Waals surface area (Å²) in [7, 11) is 0. The molecule has 1 aliphatic carbocycles. The summed E-state index contributed by atoms with van der Waals surface area (Å²) < 4.78 is 5.17. The molecule has 12 aromatic carbocycles. The summed E-state index contributed by atoms with van der Waals surface area (Å²) in [6.45, 7) is 4.32. The molecule has 350 valence electrons. The zero-order valence-electron chi connectivity index (χ0n) is 41.2. The molecule has 2 nitrogen and oxygen atoms in total. The van der Waals surface area contributed by atoms with Crippen LogP contribution in [0.5, 0.6) is 0 Å². The lowest BCUT2D eigenvalue weighted by Gasteiger charge is -2.22. The number of fused-ring (bicyclic) bond motifs is 5. The van der Waals surface area contributed by atoms with Gasteiger partial charge in [0.1, 0.15) is 0 Å². The number of hydrogen-bond donors (Lipinski definition) is 0. The van der Waals surface area contributed by atoms with Gasteiger partial charge in [-0.15, -0.1) is 0 Å². The van der Waals surface area contributed by atoms with E-state index in [2.05, 4.69) is 283 Å². The Kier molecular flexibility index (Phi) is 9.83. The number of nitrogens with zero attached hydrogens (tertiary/aromatic N) is 2. The maximum atomic E-state index is 4.32. The molecule has 15 rings (SSSR count). The molecule has 0 radical (unpaired) electrons. The number of hydrogen-bond acceptors (Lipinski definition) is 0. The minimum atomic E-state index is 0.743. The first-order valence-corrected chi connectivity index (χ1v) is 26.0. The molecule has 2 heterocycles. The number of allylic oxidation sites excluding steroid dienone is 9. The van der Waals surface area contributed by atoms with Crippen LogP contribution in [-0.2, 0) is 0 Å². The Labute approximate surface area is 435 Å². The lowest BCUT2D eigenvalue weighted by Crippen LogP contribution is -2.04. The molecular formula is C73H48N2. The van der Waals surface area contributed by atoms with Crippen molar-refractivity contribution in [3.05, 3.63) is 285 Å². The van der Waals surface area contributed by atoms with Crippen LogP contribution in [0.3, 0.4) is 0 Å². The van der Waals surface area contributed by atoms with Crippen molar-refractivity contribution in [3.63, 3.8) is 0 Å². The molecule has 1 aliphatic rings. The highest BCUT2D eigenvalue weighted by atomic mass is 15.0. The first-order valence-electron chi connectivity index (χ1n) is 26.0. The Balaban J connectivity index is 1.06. The summed E-state index contributed by atoms with van der Waals surface area (Å²) in [6.07, 6.45) is 15.9. The highest BCUT2D eigenvalue weighted by Crippen LogP contribution is 2.51. The van der Waals surface area contributed by atoms with Crippen molar-refractivity contribution in [2.45, 2.75) is 6.42 Å². The molecular weight excluding hydrogens is 905 g/mol. The third-order valence-electron chi connectivity index (χ3n) is 15.8. The number of benzene rings is 12. The molecule has 0 spiro atoms. The van der Waals surface area contributed by atoms with Gasteiger partial charge in [-0.25, -0.2) is 0 Å². The van der Waals surface area contributed by atoms with Crippen LogP contribution in [0.25, 0.3) is 137 Å². The van der Waals surface area contributed by atoms with Crippen LogP contribution in [0.15, 0.2) is 279 Å². The first kappa shape index (κ1) is 42.9. The van der Waals surface area contributed by atoms with Crippen molar-refractivity contribution >= 4 is 92.0 Å². The van der Waals surface area contributed by atoms with Crippen LogP contribution in [0, 0.1) is 0 Å². The van der Waals surface area contributed by atoms with Crippen molar-refractivity contribution in [2.24, 2.45) is 0 Å². The largest absolute Gasteiger partial charge is 0.308 e. The van der Waals surface area contributed by atoms with E-state index in [-0.39, 0.29) is 0 Å². The minimum Gasteiger partial charge on any atom is -0.308 e. The normalized spacial score (nSPS) is 14.8. The quantitative estimate of drug-likeness (QED) is 0.147. The average molecular weight is 953 g/mol. The molecule has 0 saturated carbocycles. The summed E-state index contributed by atoms with van der Waals surface area (Å²) in [4.78, 5) is 0. The minimum absolute atomic E-state index is 0.743.